The summed E-state index contributed by atoms with van der Waals surface area (Å²) in [5, 5.41) is 24.0. The maximum absolute atomic E-state index is 12.1. The molecule has 0 radical (unpaired) electrons. The largest absolute Gasteiger partial charge is 0.502 e. The lowest BCUT2D eigenvalue weighted by Crippen LogP contribution is -2.19. The van der Waals surface area contributed by atoms with E-state index in [-0.39, 0.29) is 15.5 Å². The topological polar surface area (TPSA) is 114 Å². The third-order valence-electron chi connectivity index (χ3n) is 3.52. The number of aliphatic imine (C=N–C) groups is 1. The number of phenolic OH excluding ortho intramolecular Hbond substituents is 1. The Hall–Kier alpha value is -3.04. The first kappa shape index (κ1) is 18.7. The predicted molar refractivity (Wildman–Crippen MR) is 104 cm³/mol. The van der Waals surface area contributed by atoms with Crippen LogP contribution in [0.4, 0.5) is 11.4 Å². The smallest absolute Gasteiger partial charge is 0.312 e. The van der Waals surface area contributed by atoms with Gasteiger partial charge in [-0.2, -0.15) is 0 Å². The fraction of sp³-hybridized carbons (Fsp3) is 0.0588. The molecule has 0 unspecified atom stereocenters. The van der Waals surface area contributed by atoms with Crippen LogP contribution in [0.1, 0.15) is 5.56 Å². The van der Waals surface area contributed by atoms with Gasteiger partial charge in [0.05, 0.1) is 22.6 Å². The van der Waals surface area contributed by atoms with E-state index in [1.165, 1.54) is 12.1 Å². The molecule has 1 heterocycles. The Bertz CT molecular complexity index is 989. The average molecular weight is 406 g/mol. The van der Waals surface area contributed by atoms with E-state index < -0.39 is 22.3 Å². The molecule has 138 valence electrons. The summed E-state index contributed by atoms with van der Waals surface area (Å²) in [4.78, 5) is 26.9. The van der Waals surface area contributed by atoms with Gasteiger partial charge in [-0.1, -0.05) is 11.6 Å². The van der Waals surface area contributed by atoms with E-state index in [1.54, 1.807) is 31.4 Å². The molecule has 27 heavy (non-hydrogen) atoms. The van der Waals surface area contributed by atoms with Crippen LogP contribution in [0.15, 0.2) is 46.3 Å². The molecular formula is C17H12ClN3O5S. The summed E-state index contributed by atoms with van der Waals surface area (Å²) in [7, 11) is 1.56. The minimum Gasteiger partial charge on any atom is -0.502 e. The number of aromatic hydroxyl groups is 1. The van der Waals surface area contributed by atoms with E-state index >= 15 is 0 Å². The van der Waals surface area contributed by atoms with Crippen LogP contribution >= 0.6 is 23.4 Å². The molecule has 0 aliphatic carbocycles. The van der Waals surface area contributed by atoms with E-state index in [0.29, 0.717) is 16.6 Å². The number of nitrogens with zero attached hydrogens (tertiary/aromatic N) is 2. The van der Waals surface area contributed by atoms with E-state index in [1.807, 2.05) is 0 Å². The Morgan fingerprint density at radius 2 is 2.04 bits per heavy atom. The highest BCUT2D eigenvalue weighted by atomic mass is 35.5. The number of nitrogens with one attached hydrogen (secondary N) is 1. The fourth-order valence-electron chi connectivity index (χ4n) is 2.25. The van der Waals surface area contributed by atoms with Gasteiger partial charge < -0.3 is 15.2 Å². The Morgan fingerprint density at radius 3 is 2.67 bits per heavy atom. The molecule has 0 spiro atoms. The number of benzene rings is 2. The first-order valence-electron chi connectivity index (χ1n) is 7.48. The van der Waals surface area contributed by atoms with Gasteiger partial charge in [-0.05, 0) is 48.2 Å². The van der Waals surface area contributed by atoms with Gasteiger partial charge in [0, 0.05) is 16.7 Å². The number of ether oxygens (including phenoxy) is 1. The second-order valence-corrected chi connectivity index (χ2v) is 6.77. The molecule has 3 rings (SSSR count). The van der Waals surface area contributed by atoms with Crippen molar-refractivity contribution >= 4 is 51.9 Å². The number of thioether (sulfide) groups is 1. The summed E-state index contributed by atoms with van der Waals surface area (Å²) in [6, 6.07) is 9.31. The molecule has 1 aliphatic rings. The lowest BCUT2D eigenvalue weighted by Gasteiger charge is -2.02. The van der Waals surface area contributed by atoms with Crippen molar-refractivity contribution in [2.45, 2.75) is 0 Å². The van der Waals surface area contributed by atoms with Crippen LogP contribution in [0.2, 0.25) is 5.02 Å². The normalized spacial score (nSPS) is 16.6. The summed E-state index contributed by atoms with van der Waals surface area (Å²) < 4.78 is 5.07. The van der Waals surface area contributed by atoms with Crippen LogP contribution in [-0.2, 0) is 4.79 Å². The summed E-state index contributed by atoms with van der Waals surface area (Å²) >= 11 is 6.90. The molecule has 0 aromatic heterocycles. The SMILES string of the molecule is COc1ccc(N=C2NC(=O)/C(=C\c3cc(Cl)cc([N+](=O)[O-])c3O)S2)cc1. The van der Waals surface area contributed by atoms with Crippen molar-refractivity contribution < 1.29 is 19.6 Å². The highest BCUT2D eigenvalue weighted by Crippen LogP contribution is 2.37. The van der Waals surface area contributed by atoms with E-state index in [4.69, 9.17) is 16.3 Å². The van der Waals surface area contributed by atoms with E-state index in [9.17, 15) is 20.0 Å². The zero-order chi connectivity index (χ0) is 19.6. The van der Waals surface area contributed by atoms with Gasteiger partial charge in [0.2, 0.25) is 5.75 Å². The minimum atomic E-state index is -0.748. The third kappa shape index (κ3) is 4.21. The molecule has 0 bridgehead atoms. The summed E-state index contributed by atoms with van der Waals surface area (Å²) in [5.41, 5.74) is 0.142. The second-order valence-electron chi connectivity index (χ2n) is 5.30. The highest BCUT2D eigenvalue weighted by molar-refractivity contribution is 8.18. The lowest BCUT2D eigenvalue weighted by atomic mass is 10.1. The Kier molecular flexibility index (Phi) is 5.33. The molecule has 8 nitrogen and oxygen atoms in total. The second kappa shape index (κ2) is 7.68. The molecule has 0 atom stereocenters. The number of phenols is 1. The predicted octanol–water partition coefficient (Wildman–Crippen LogP) is 3.85. The van der Waals surface area contributed by atoms with Crippen molar-refractivity contribution in [1.29, 1.82) is 0 Å². The van der Waals surface area contributed by atoms with Crippen molar-refractivity contribution in [2.75, 3.05) is 7.11 Å². The number of carbonyl (C=O) groups is 1. The van der Waals surface area contributed by atoms with Gasteiger partial charge in [-0.15, -0.1) is 0 Å². The van der Waals surface area contributed by atoms with Crippen molar-refractivity contribution in [3.8, 4) is 11.5 Å². The molecule has 0 saturated carbocycles. The molecule has 2 aromatic carbocycles. The van der Waals surface area contributed by atoms with Gasteiger partial charge in [0.15, 0.2) is 5.17 Å². The fourth-order valence-corrected chi connectivity index (χ4v) is 3.30. The summed E-state index contributed by atoms with van der Waals surface area (Å²) in [6.07, 6.45) is 1.32. The number of rotatable bonds is 4. The van der Waals surface area contributed by atoms with Gasteiger partial charge in [-0.25, -0.2) is 4.99 Å². The Morgan fingerprint density at radius 1 is 1.33 bits per heavy atom. The summed E-state index contributed by atoms with van der Waals surface area (Å²) in [6.45, 7) is 0. The number of hydrogen-bond acceptors (Lipinski definition) is 7. The Balaban J connectivity index is 1.89. The maximum atomic E-state index is 12.1. The standard InChI is InChI=1S/C17H12ClN3O5S/c1-26-12-4-2-11(3-5-12)19-17-20-16(23)14(27-17)7-9-6-10(18)8-13(15(9)22)21(24)25/h2-8,22H,1H3,(H,19,20,23)/b14-7+. The number of methoxy groups -OCH3 is 1. The lowest BCUT2D eigenvalue weighted by molar-refractivity contribution is -0.385. The highest BCUT2D eigenvalue weighted by Gasteiger charge is 2.25. The quantitative estimate of drug-likeness (QED) is 0.453. The van der Waals surface area contributed by atoms with Crippen LogP contribution in [0.25, 0.3) is 6.08 Å². The van der Waals surface area contributed by atoms with Crippen LogP contribution in [0.3, 0.4) is 0 Å². The van der Waals surface area contributed by atoms with E-state index in [2.05, 4.69) is 10.3 Å². The Labute approximate surface area is 162 Å². The van der Waals surface area contributed by atoms with Crippen molar-refractivity contribution in [3.63, 3.8) is 0 Å². The van der Waals surface area contributed by atoms with Crippen LogP contribution < -0.4 is 10.1 Å². The monoisotopic (exact) mass is 405 g/mol. The summed E-state index contributed by atoms with van der Waals surface area (Å²) in [5.74, 6) is -0.319. The van der Waals surface area contributed by atoms with Crippen LogP contribution in [0, 0.1) is 10.1 Å². The molecule has 1 amide bonds. The molecule has 1 saturated heterocycles. The first-order valence-corrected chi connectivity index (χ1v) is 8.67. The minimum absolute atomic E-state index is 0.0672. The number of halogens is 1. The molecule has 10 heteroatoms. The zero-order valence-corrected chi connectivity index (χ0v) is 15.4. The van der Waals surface area contributed by atoms with Crippen molar-refractivity contribution in [2.24, 2.45) is 4.99 Å². The molecule has 1 aliphatic heterocycles. The van der Waals surface area contributed by atoms with Crippen molar-refractivity contribution in [1.82, 2.24) is 5.32 Å². The van der Waals surface area contributed by atoms with Crippen LogP contribution in [-0.4, -0.2) is 28.2 Å². The zero-order valence-electron chi connectivity index (χ0n) is 13.8. The number of nitro groups is 1. The number of nitro benzene ring substituents is 1. The number of carbonyl (C=O) groups excluding carboxylic acids is 1. The molecule has 1 fully saturated rings. The first-order chi connectivity index (χ1) is 12.9. The van der Waals surface area contributed by atoms with Gasteiger partial charge >= 0.3 is 5.69 Å². The average Bonchev–Trinajstić information content (AvgIpc) is 2.97. The number of hydrogen-bond donors (Lipinski definition) is 2. The van der Waals surface area contributed by atoms with Crippen LogP contribution in [0.5, 0.6) is 11.5 Å². The number of amidine groups is 1. The third-order valence-corrected chi connectivity index (χ3v) is 4.65. The molecular weight excluding hydrogens is 394 g/mol. The van der Waals surface area contributed by atoms with Gasteiger partial charge in [-0.3, -0.25) is 14.9 Å². The number of amides is 1. The van der Waals surface area contributed by atoms with E-state index in [0.717, 1.165) is 17.8 Å². The molecule has 2 aromatic rings. The van der Waals surface area contributed by atoms with Gasteiger partial charge in [0.1, 0.15) is 5.75 Å². The maximum Gasteiger partial charge on any atom is 0.312 e. The molecule has 2 N–H and O–H groups in total. The van der Waals surface area contributed by atoms with Crippen molar-refractivity contribution in [3.05, 3.63) is 62.0 Å². The van der Waals surface area contributed by atoms with Gasteiger partial charge in [0.25, 0.3) is 5.91 Å².